The van der Waals surface area contributed by atoms with E-state index < -0.39 is 0 Å². The molecule has 0 spiro atoms. The average Bonchev–Trinajstić information content (AvgIpc) is 2.60. The molecule has 1 aliphatic heterocycles. The van der Waals surface area contributed by atoms with Gasteiger partial charge < -0.3 is 4.90 Å². The first-order valence-electron chi connectivity index (χ1n) is 8.63. The third kappa shape index (κ3) is 2.41. The summed E-state index contributed by atoms with van der Waals surface area (Å²) in [6, 6.07) is 14.9. The van der Waals surface area contributed by atoms with Gasteiger partial charge in [-0.2, -0.15) is 0 Å². The summed E-state index contributed by atoms with van der Waals surface area (Å²) in [5.74, 6) is 0.981. The van der Waals surface area contributed by atoms with E-state index in [1.54, 1.807) is 0 Å². The second kappa shape index (κ2) is 5.75. The molecule has 2 fully saturated rings. The van der Waals surface area contributed by atoms with Gasteiger partial charge in [0.15, 0.2) is 0 Å². The Balaban J connectivity index is 1.64. The number of amides is 1. The van der Waals surface area contributed by atoms with Crippen molar-refractivity contribution in [3.05, 3.63) is 48.0 Å². The van der Waals surface area contributed by atoms with Gasteiger partial charge in [-0.25, -0.2) is 0 Å². The van der Waals surface area contributed by atoms with Gasteiger partial charge in [0, 0.05) is 18.2 Å². The molecule has 0 N–H and O–H groups in total. The van der Waals surface area contributed by atoms with Crippen LogP contribution in [0, 0.1) is 5.92 Å². The molecule has 2 aliphatic rings. The molecule has 2 aromatic rings. The van der Waals surface area contributed by atoms with Crippen molar-refractivity contribution in [3.63, 3.8) is 0 Å². The summed E-state index contributed by atoms with van der Waals surface area (Å²) in [6.45, 7) is 0.937. The van der Waals surface area contributed by atoms with Crippen molar-refractivity contribution in [2.24, 2.45) is 5.92 Å². The Hall–Kier alpha value is -1.83. The summed E-state index contributed by atoms with van der Waals surface area (Å²) >= 11 is 0. The molecule has 2 atom stereocenters. The Kier molecular flexibility index (Phi) is 3.61. The van der Waals surface area contributed by atoms with Crippen LogP contribution in [0.2, 0.25) is 0 Å². The smallest absolute Gasteiger partial charge is 0.254 e. The van der Waals surface area contributed by atoms with Crippen LogP contribution in [-0.2, 0) is 0 Å². The van der Waals surface area contributed by atoms with Crippen LogP contribution in [0.5, 0.6) is 0 Å². The highest BCUT2D eigenvalue weighted by Crippen LogP contribution is 2.36. The van der Waals surface area contributed by atoms with Gasteiger partial charge in [0.2, 0.25) is 0 Å². The lowest BCUT2D eigenvalue weighted by atomic mass is 9.78. The van der Waals surface area contributed by atoms with Crippen LogP contribution in [0.1, 0.15) is 48.9 Å². The molecular weight excluding hydrogens is 270 g/mol. The average molecular weight is 293 g/mol. The number of fused-ring (bicyclic) bond motifs is 2. The lowest BCUT2D eigenvalue weighted by Crippen LogP contribution is -2.49. The summed E-state index contributed by atoms with van der Waals surface area (Å²) in [6.07, 6.45) is 7.62. The van der Waals surface area contributed by atoms with Gasteiger partial charge in [-0.1, -0.05) is 43.2 Å². The fraction of sp³-hybridized carbons (Fsp3) is 0.450. The third-order valence-electron chi connectivity index (χ3n) is 5.50. The molecule has 0 aromatic heterocycles. The van der Waals surface area contributed by atoms with E-state index in [-0.39, 0.29) is 5.91 Å². The molecule has 1 heterocycles. The number of piperidine rings is 1. The second-order valence-corrected chi connectivity index (χ2v) is 6.81. The predicted molar refractivity (Wildman–Crippen MR) is 90.0 cm³/mol. The largest absolute Gasteiger partial charge is 0.335 e. The zero-order valence-electron chi connectivity index (χ0n) is 13.0. The maximum absolute atomic E-state index is 13.0. The number of carbonyl (C=O) groups is 1. The highest BCUT2D eigenvalue weighted by molar-refractivity contribution is 5.98. The predicted octanol–water partition coefficient (Wildman–Crippen LogP) is 4.63. The van der Waals surface area contributed by atoms with E-state index in [0.29, 0.717) is 6.04 Å². The van der Waals surface area contributed by atoms with Crippen LogP contribution in [0.15, 0.2) is 42.5 Å². The van der Waals surface area contributed by atoms with E-state index in [1.165, 1.54) is 43.9 Å². The summed E-state index contributed by atoms with van der Waals surface area (Å²) < 4.78 is 0. The van der Waals surface area contributed by atoms with Gasteiger partial charge in [0.1, 0.15) is 0 Å². The molecule has 0 radical (unpaired) electrons. The first-order valence-corrected chi connectivity index (χ1v) is 8.63. The Morgan fingerprint density at radius 3 is 2.59 bits per heavy atom. The highest BCUT2D eigenvalue weighted by Gasteiger charge is 2.35. The van der Waals surface area contributed by atoms with E-state index in [2.05, 4.69) is 29.2 Å². The summed E-state index contributed by atoms with van der Waals surface area (Å²) in [5.41, 5.74) is 0.852. The quantitative estimate of drug-likeness (QED) is 0.750. The van der Waals surface area contributed by atoms with Crippen molar-refractivity contribution in [2.45, 2.75) is 44.6 Å². The first kappa shape index (κ1) is 13.8. The monoisotopic (exact) mass is 293 g/mol. The summed E-state index contributed by atoms with van der Waals surface area (Å²) in [5, 5.41) is 2.36. The van der Waals surface area contributed by atoms with Crippen LogP contribution in [0.25, 0.3) is 10.8 Å². The fourth-order valence-corrected chi connectivity index (χ4v) is 4.37. The first-order chi connectivity index (χ1) is 10.8. The molecule has 1 saturated carbocycles. The Morgan fingerprint density at radius 1 is 0.909 bits per heavy atom. The molecule has 1 aliphatic carbocycles. The highest BCUT2D eigenvalue weighted by atomic mass is 16.2. The molecule has 0 unspecified atom stereocenters. The SMILES string of the molecule is O=C(c1ccc2ccccc2c1)N1CCC[C@H]2CCCC[C@H]21. The zero-order chi connectivity index (χ0) is 14.9. The number of likely N-dealkylation sites (tertiary alicyclic amines) is 1. The van der Waals surface area contributed by atoms with Crippen LogP contribution < -0.4 is 0 Å². The molecule has 2 aromatic carbocycles. The molecule has 1 saturated heterocycles. The Morgan fingerprint density at radius 2 is 1.68 bits per heavy atom. The Labute approximate surface area is 132 Å². The second-order valence-electron chi connectivity index (χ2n) is 6.81. The number of rotatable bonds is 1. The molecule has 2 nitrogen and oxygen atoms in total. The standard InChI is InChI=1S/C20H23NO/c22-20(18-12-11-15-6-1-2-8-17(15)14-18)21-13-5-9-16-7-3-4-10-19(16)21/h1-2,6,8,11-12,14,16,19H,3-5,7,9-10,13H2/t16-,19-/m1/s1. The van der Waals surface area contributed by atoms with Gasteiger partial charge in [-0.15, -0.1) is 0 Å². The normalized spacial score (nSPS) is 25.0. The molecule has 114 valence electrons. The minimum absolute atomic E-state index is 0.238. The molecule has 1 amide bonds. The van der Waals surface area contributed by atoms with E-state index in [4.69, 9.17) is 0 Å². The van der Waals surface area contributed by atoms with Crippen molar-refractivity contribution < 1.29 is 4.79 Å². The minimum Gasteiger partial charge on any atom is -0.335 e. The van der Waals surface area contributed by atoms with Crippen molar-refractivity contribution in [2.75, 3.05) is 6.54 Å². The lowest BCUT2D eigenvalue weighted by molar-refractivity contribution is 0.0391. The van der Waals surface area contributed by atoms with Gasteiger partial charge >= 0.3 is 0 Å². The third-order valence-corrected chi connectivity index (χ3v) is 5.50. The van der Waals surface area contributed by atoms with Gasteiger partial charge in [0.05, 0.1) is 0 Å². The maximum atomic E-state index is 13.0. The Bertz CT molecular complexity index is 691. The lowest BCUT2D eigenvalue weighted by Gasteiger charge is -2.44. The van der Waals surface area contributed by atoms with Crippen molar-refractivity contribution in [1.29, 1.82) is 0 Å². The minimum atomic E-state index is 0.238. The topological polar surface area (TPSA) is 20.3 Å². The van der Waals surface area contributed by atoms with Crippen LogP contribution in [-0.4, -0.2) is 23.4 Å². The zero-order valence-corrected chi connectivity index (χ0v) is 13.0. The van der Waals surface area contributed by atoms with Crippen molar-refractivity contribution in [1.82, 2.24) is 4.90 Å². The number of benzene rings is 2. The number of nitrogens with zero attached hydrogens (tertiary/aromatic N) is 1. The van der Waals surface area contributed by atoms with Gasteiger partial charge in [-0.05, 0) is 54.5 Å². The maximum Gasteiger partial charge on any atom is 0.254 e. The van der Waals surface area contributed by atoms with Crippen LogP contribution in [0.4, 0.5) is 0 Å². The molecule has 4 rings (SSSR count). The number of hydrogen-bond donors (Lipinski definition) is 0. The van der Waals surface area contributed by atoms with Crippen molar-refractivity contribution in [3.8, 4) is 0 Å². The van der Waals surface area contributed by atoms with Gasteiger partial charge in [-0.3, -0.25) is 4.79 Å². The number of hydrogen-bond acceptors (Lipinski definition) is 1. The van der Waals surface area contributed by atoms with E-state index in [1.807, 2.05) is 18.2 Å². The molecule has 22 heavy (non-hydrogen) atoms. The van der Waals surface area contributed by atoms with Crippen LogP contribution in [0.3, 0.4) is 0 Å². The van der Waals surface area contributed by atoms with E-state index in [9.17, 15) is 4.79 Å². The summed E-state index contributed by atoms with van der Waals surface area (Å²) in [4.78, 5) is 15.2. The van der Waals surface area contributed by atoms with E-state index in [0.717, 1.165) is 23.4 Å². The molecular formula is C20H23NO. The fourth-order valence-electron chi connectivity index (χ4n) is 4.37. The summed E-state index contributed by atoms with van der Waals surface area (Å²) in [7, 11) is 0. The number of carbonyl (C=O) groups excluding carboxylic acids is 1. The molecule has 0 bridgehead atoms. The molecule has 2 heteroatoms. The van der Waals surface area contributed by atoms with Crippen LogP contribution >= 0.6 is 0 Å². The van der Waals surface area contributed by atoms with Crippen molar-refractivity contribution >= 4 is 16.7 Å². The van der Waals surface area contributed by atoms with E-state index >= 15 is 0 Å². The van der Waals surface area contributed by atoms with Gasteiger partial charge in [0.25, 0.3) is 5.91 Å².